The minimum atomic E-state index is -0.612. The van der Waals surface area contributed by atoms with Gasteiger partial charge in [-0.2, -0.15) is 0 Å². The van der Waals surface area contributed by atoms with E-state index in [4.69, 9.17) is 4.74 Å². The Hall–Kier alpha value is -1.24. The van der Waals surface area contributed by atoms with Crippen molar-refractivity contribution in [3.8, 4) is 0 Å². The molecular weight excluding hydrogens is 618 g/mol. The molecule has 2 heterocycles. The summed E-state index contributed by atoms with van der Waals surface area (Å²) in [4.78, 5) is 2.72. The number of piperidine rings is 2. The number of ether oxygens (including phenoxy) is 1. The highest BCUT2D eigenvalue weighted by Crippen LogP contribution is 2.74. The van der Waals surface area contributed by atoms with Crippen LogP contribution in [-0.4, -0.2) is 70.9 Å². The van der Waals surface area contributed by atoms with E-state index in [1.807, 2.05) is 7.11 Å². The molecule has 0 aromatic heterocycles. The third kappa shape index (κ3) is 5.31. The van der Waals surface area contributed by atoms with Crippen LogP contribution in [0.4, 0.5) is 0 Å². The van der Waals surface area contributed by atoms with Gasteiger partial charge in [0.05, 0.1) is 17.8 Å². The first kappa shape index (κ1) is 34.5. The Morgan fingerprint density at radius 1 is 0.960 bits per heavy atom. The largest absolute Gasteiger partial charge is 0.393 e. The Bertz CT molecular complexity index is 1400. The lowest BCUT2D eigenvalue weighted by Gasteiger charge is -2.63. The summed E-state index contributed by atoms with van der Waals surface area (Å²) in [6.07, 6.45) is 20.3. The molecule has 0 bridgehead atoms. The average Bonchev–Trinajstić information content (AvgIpc) is 3.65. The predicted molar refractivity (Wildman–Crippen MR) is 198 cm³/mol. The normalized spacial score (nSPS) is 51.4. The molecule has 0 amide bonds. The zero-order chi connectivity index (χ0) is 34.4. The van der Waals surface area contributed by atoms with Crippen LogP contribution >= 0.6 is 0 Å². The summed E-state index contributed by atoms with van der Waals surface area (Å²) in [6, 6.07) is 11.5. The summed E-state index contributed by atoms with van der Waals surface area (Å²) in [5, 5.41) is 36.6. The van der Waals surface area contributed by atoms with E-state index in [1.54, 1.807) is 0 Å². The van der Waals surface area contributed by atoms with Gasteiger partial charge >= 0.3 is 0 Å². The third-order valence-electron chi connectivity index (χ3n) is 17.6. The number of benzene rings is 1. The number of hydrogen-bond donors (Lipinski definition) is 3. The quantitative estimate of drug-likeness (QED) is 0.202. The number of allylic oxidation sites excluding steroid dienone is 2. The molecule has 7 fully saturated rings. The summed E-state index contributed by atoms with van der Waals surface area (Å²) in [5.74, 6) is 6.08. The second-order valence-electron chi connectivity index (χ2n) is 19.9. The van der Waals surface area contributed by atoms with Crippen LogP contribution in [0.1, 0.15) is 115 Å². The lowest BCUT2D eigenvalue weighted by atomic mass is 9.42. The Labute approximate surface area is 302 Å². The second kappa shape index (κ2) is 13.0. The van der Waals surface area contributed by atoms with E-state index >= 15 is 0 Å². The van der Waals surface area contributed by atoms with Crippen molar-refractivity contribution in [2.75, 3.05) is 26.8 Å². The predicted octanol–water partition coefficient (Wildman–Crippen LogP) is 7.84. The number of fused-ring (bicyclic) bond motifs is 6. The lowest BCUT2D eigenvalue weighted by molar-refractivity contribution is -0.189. The molecule has 1 aromatic carbocycles. The Kier molecular flexibility index (Phi) is 8.95. The van der Waals surface area contributed by atoms with Gasteiger partial charge in [0.15, 0.2) is 0 Å². The van der Waals surface area contributed by atoms with E-state index in [9.17, 15) is 15.3 Å². The fourth-order valence-corrected chi connectivity index (χ4v) is 15.9. The molecule has 3 N–H and O–H groups in total. The Balaban J connectivity index is 0.999. The fraction of sp³-hybridized carbons (Fsp3) is 0.822. The maximum Gasteiger partial charge on any atom is 0.0805 e. The standard InChI is InChI=1S/C45H67NO4/c1-28-13-16-39-43(2,49)36-15-14-32-34-22-38(47)37-23-40(48)44(19-17-29(24-44)21-31(11-8-20-50-3)30-9-5-4-6-10-30)27-45(37)18-7-12-33(42(34)45)41(32)35(36)26-46(39)25-28/h4-7,9-10,12,28-29,31-42,47-49H,8,11,13-27H2,1-3H3/t28-,29-,31-,32-,33+,34-,35-,36-,37+,38+,39-,40-,41-,42+,43+,44-,45-/m1/s1. The number of methoxy groups -OCH3 is 1. The Morgan fingerprint density at radius 3 is 2.62 bits per heavy atom. The molecule has 0 radical (unpaired) electrons. The molecule has 5 nitrogen and oxygen atoms in total. The van der Waals surface area contributed by atoms with Crippen LogP contribution in [0.5, 0.6) is 0 Å². The van der Waals surface area contributed by atoms with Gasteiger partial charge in [0.1, 0.15) is 0 Å². The van der Waals surface area contributed by atoms with Crippen molar-refractivity contribution in [2.24, 2.45) is 70.0 Å². The molecule has 2 aliphatic heterocycles. The third-order valence-corrected chi connectivity index (χ3v) is 17.6. The molecule has 6 aliphatic carbocycles. The van der Waals surface area contributed by atoms with Crippen molar-refractivity contribution in [2.45, 2.75) is 134 Å². The van der Waals surface area contributed by atoms with Crippen molar-refractivity contribution in [3.05, 3.63) is 48.0 Å². The lowest BCUT2D eigenvalue weighted by Crippen LogP contribution is -2.67. The van der Waals surface area contributed by atoms with E-state index in [1.165, 1.54) is 31.2 Å². The van der Waals surface area contributed by atoms with E-state index in [0.29, 0.717) is 65.2 Å². The van der Waals surface area contributed by atoms with Crippen LogP contribution in [0.15, 0.2) is 42.5 Å². The zero-order valence-electron chi connectivity index (χ0n) is 31.3. The summed E-state index contributed by atoms with van der Waals surface area (Å²) in [7, 11) is 1.81. The number of aliphatic hydroxyl groups is 3. The molecule has 276 valence electrons. The fourth-order valence-electron chi connectivity index (χ4n) is 15.9. The summed E-state index contributed by atoms with van der Waals surface area (Å²) < 4.78 is 5.46. The first-order valence-corrected chi connectivity index (χ1v) is 21.2. The van der Waals surface area contributed by atoms with Crippen molar-refractivity contribution < 1.29 is 20.1 Å². The highest BCUT2D eigenvalue weighted by atomic mass is 16.5. The maximum atomic E-state index is 12.3. The highest BCUT2D eigenvalue weighted by Gasteiger charge is 2.71. The van der Waals surface area contributed by atoms with Crippen LogP contribution in [0, 0.1) is 70.0 Å². The Morgan fingerprint density at radius 2 is 1.80 bits per heavy atom. The topological polar surface area (TPSA) is 73.2 Å². The number of nitrogens with zero attached hydrogens (tertiary/aromatic N) is 1. The van der Waals surface area contributed by atoms with E-state index < -0.39 is 5.60 Å². The SMILES string of the molecule is COCCC[C@H](C[C@H]1CC[C@@]2(C1)C[C@]13CC=C[C@H]4[C@H]5[C@H](CC[C@@H]6[C@H]5CN5C[C@H](C)CC[C@@H]5[C@@]6(C)O)[C@@H](C[C@H](O)[C@@H]1C[C@H]2O)[C@H]43)c1ccccc1. The van der Waals surface area contributed by atoms with Gasteiger partial charge in [-0.1, -0.05) is 49.4 Å². The molecule has 50 heavy (non-hydrogen) atoms. The van der Waals surface area contributed by atoms with Gasteiger partial charge in [0.2, 0.25) is 0 Å². The molecule has 9 rings (SSSR count). The molecule has 8 aliphatic rings. The van der Waals surface area contributed by atoms with Crippen molar-refractivity contribution in [3.63, 3.8) is 0 Å². The number of aliphatic hydroxyl groups excluding tert-OH is 2. The van der Waals surface area contributed by atoms with Crippen molar-refractivity contribution >= 4 is 0 Å². The zero-order valence-corrected chi connectivity index (χ0v) is 31.3. The van der Waals surface area contributed by atoms with Gasteiger partial charge < -0.3 is 20.1 Å². The van der Waals surface area contributed by atoms with Gasteiger partial charge in [-0.15, -0.1) is 0 Å². The summed E-state index contributed by atoms with van der Waals surface area (Å²) in [5.41, 5.74) is 0.928. The van der Waals surface area contributed by atoms with Gasteiger partial charge in [0.25, 0.3) is 0 Å². The minimum Gasteiger partial charge on any atom is -0.393 e. The molecule has 2 spiro atoms. The summed E-state index contributed by atoms with van der Waals surface area (Å²) >= 11 is 0. The smallest absolute Gasteiger partial charge is 0.0805 e. The molecule has 5 saturated carbocycles. The van der Waals surface area contributed by atoms with Gasteiger partial charge in [-0.3, -0.25) is 4.90 Å². The monoisotopic (exact) mass is 686 g/mol. The highest BCUT2D eigenvalue weighted by molar-refractivity contribution is 5.26. The van der Waals surface area contributed by atoms with Gasteiger partial charge in [-0.05, 0) is 178 Å². The maximum absolute atomic E-state index is 12.3. The minimum absolute atomic E-state index is 0.0196. The first-order chi connectivity index (χ1) is 24.1. The van der Waals surface area contributed by atoms with Gasteiger partial charge in [0, 0.05) is 32.8 Å². The second-order valence-corrected chi connectivity index (χ2v) is 19.9. The molecule has 1 aromatic rings. The van der Waals surface area contributed by atoms with E-state index in [-0.39, 0.29) is 29.0 Å². The van der Waals surface area contributed by atoms with E-state index in [0.717, 1.165) is 83.9 Å². The van der Waals surface area contributed by atoms with Crippen LogP contribution in [0.25, 0.3) is 0 Å². The van der Waals surface area contributed by atoms with Crippen molar-refractivity contribution in [1.29, 1.82) is 0 Å². The number of hydrogen-bond acceptors (Lipinski definition) is 5. The van der Waals surface area contributed by atoms with Crippen LogP contribution in [0.2, 0.25) is 0 Å². The van der Waals surface area contributed by atoms with Crippen LogP contribution in [-0.2, 0) is 4.74 Å². The van der Waals surface area contributed by atoms with E-state index in [2.05, 4.69) is 61.2 Å². The summed E-state index contributed by atoms with van der Waals surface area (Å²) in [6.45, 7) is 7.74. The number of rotatable bonds is 7. The molecular formula is C45H67NO4. The molecule has 17 atom stereocenters. The van der Waals surface area contributed by atoms with Gasteiger partial charge in [-0.25, -0.2) is 0 Å². The molecule has 0 unspecified atom stereocenters. The molecule has 2 saturated heterocycles. The van der Waals surface area contributed by atoms with Crippen molar-refractivity contribution in [1.82, 2.24) is 4.90 Å². The van der Waals surface area contributed by atoms with Crippen LogP contribution in [0.3, 0.4) is 0 Å². The first-order valence-electron chi connectivity index (χ1n) is 21.2. The van der Waals surface area contributed by atoms with Crippen LogP contribution < -0.4 is 0 Å². The molecule has 5 heteroatoms. The average molecular weight is 686 g/mol.